The first-order valence-corrected chi connectivity index (χ1v) is 11.9. The van der Waals surface area contributed by atoms with E-state index in [-0.39, 0.29) is 22.1 Å². The van der Waals surface area contributed by atoms with Crippen LogP contribution in [-0.4, -0.2) is 53.7 Å². The Balaban J connectivity index is 1.90. The number of methoxy groups -OCH3 is 2. The minimum absolute atomic E-state index is 0.0501. The number of hydrogen-bond acceptors (Lipinski definition) is 6. The van der Waals surface area contributed by atoms with E-state index in [1.807, 2.05) is 0 Å². The average Bonchev–Trinajstić information content (AvgIpc) is 3.16. The summed E-state index contributed by atoms with van der Waals surface area (Å²) in [6.07, 6.45) is 1.11. The summed E-state index contributed by atoms with van der Waals surface area (Å²) in [5.74, 6) is 0.478. The fourth-order valence-corrected chi connectivity index (χ4v) is 6.80. The zero-order chi connectivity index (χ0) is 20.4. The van der Waals surface area contributed by atoms with E-state index in [2.05, 4.69) is 0 Å². The van der Waals surface area contributed by atoms with Crippen molar-refractivity contribution in [3.63, 3.8) is 0 Å². The van der Waals surface area contributed by atoms with Crippen molar-refractivity contribution >= 4 is 19.9 Å². The Bertz CT molecular complexity index is 1040. The lowest BCUT2D eigenvalue weighted by atomic mass is 10.3. The van der Waals surface area contributed by atoms with Gasteiger partial charge in [-0.25, -0.2) is 16.8 Å². The third kappa shape index (κ3) is 4.01. The van der Waals surface area contributed by atoms with Gasteiger partial charge in [0.1, 0.15) is 0 Å². The van der Waals surface area contributed by atoms with E-state index in [1.54, 1.807) is 18.2 Å². The summed E-state index contributed by atoms with van der Waals surface area (Å²) in [6, 6.07) is 11.9. The van der Waals surface area contributed by atoms with E-state index in [9.17, 15) is 16.8 Å². The number of nitrogens with zero attached hydrogens (tertiary/aromatic N) is 1. The predicted molar refractivity (Wildman–Crippen MR) is 105 cm³/mol. The summed E-state index contributed by atoms with van der Waals surface area (Å²) in [7, 11) is -4.56. The molecule has 0 aliphatic carbocycles. The number of rotatable bonds is 7. The highest BCUT2D eigenvalue weighted by Crippen LogP contribution is 2.33. The van der Waals surface area contributed by atoms with Crippen LogP contribution in [-0.2, 0) is 19.9 Å². The molecule has 3 rings (SSSR count). The average molecular weight is 426 g/mol. The molecule has 9 heteroatoms. The Morgan fingerprint density at radius 2 is 1.61 bits per heavy atom. The van der Waals surface area contributed by atoms with Crippen LogP contribution in [0.1, 0.15) is 12.8 Å². The molecule has 1 unspecified atom stereocenters. The molecule has 28 heavy (non-hydrogen) atoms. The summed E-state index contributed by atoms with van der Waals surface area (Å²) in [5, 5.41) is 0. The van der Waals surface area contributed by atoms with Crippen LogP contribution in [0.2, 0.25) is 0 Å². The van der Waals surface area contributed by atoms with Gasteiger partial charge in [0.25, 0.3) is 0 Å². The lowest BCUT2D eigenvalue weighted by molar-refractivity contribution is 0.353. The third-order valence-corrected chi connectivity index (χ3v) is 8.56. The van der Waals surface area contributed by atoms with Crippen LogP contribution < -0.4 is 9.47 Å². The topological polar surface area (TPSA) is 90.0 Å². The number of ether oxygens (including phenoxy) is 2. The van der Waals surface area contributed by atoms with Gasteiger partial charge in [0, 0.05) is 18.7 Å². The molecule has 0 saturated carbocycles. The monoisotopic (exact) mass is 425 g/mol. The SMILES string of the molecule is COc1ccc(S(=O)(=O)N2CCCC2CS(=O)(=O)c2ccccc2)cc1OC. The first-order chi connectivity index (χ1) is 13.3. The van der Waals surface area contributed by atoms with Gasteiger partial charge in [0.05, 0.1) is 29.8 Å². The van der Waals surface area contributed by atoms with E-state index in [4.69, 9.17) is 9.47 Å². The molecule has 2 aromatic carbocycles. The van der Waals surface area contributed by atoms with Crippen LogP contribution >= 0.6 is 0 Å². The van der Waals surface area contributed by atoms with Crippen molar-refractivity contribution in [3.8, 4) is 11.5 Å². The van der Waals surface area contributed by atoms with Gasteiger partial charge in [-0.15, -0.1) is 0 Å². The van der Waals surface area contributed by atoms with Crippen molar-refractivity contribution in [2.45, 2.75) is 28.7 Å². The van der Waals surface area contributed by atoms with E-state index >= 15 is 0 Å². The normalized spacial score (nSPS) is 18.1. The number of benzene rings is 2. The van der Waals surface area contributed by atoms with Crippen LogP contribution in [0.5, 0.6) is 11.5 Å². The predicted octanol–water partition coefficient (Wildman–Crippen LogP) is 2.33. The van der Waals surface area contributed by atoms with Gasteiger partial charge in [-0.2, -0.15) is 4.31 Å². The lowest BCUT2D eigenvalue weighted by Gasteiger charge is -2.24. The molecule has 0 amide bonds. The van der Waals surface area contributed by atoms with Gasteiger partial charge in [-0.1, -0.05) is 18.2 Å². The highest BCUT2D eigenvalue weighted by atomic mass is 32.2. The summed E-state index contributed by atoms with van der Waals surface area (Å²) in [4.78, 5) is 0.250. The minimum atomic E-state index is -3.87. The smallest absolute Gasteiger partial charge is 0.243 e. The van der Waals surface area contributed by atoms with Gasteiger partial charge in [0.15, 0.2) is 21.3 Å². The zero-order valence-electron chi connectivity index (χ0n) is 15.7. The van der Waals surface area contributed by atoms with Gasteiger partial charge < -0.3 is 9.47 Å². The van der Waals surface area contributed by atoms with Gasteiger partial charge >= 0.3 is 0 Å². The van der Waals surface area contributed by atoms with Gasteiger partial charge in [0.2, 0.25) is 10.0 Å². The second-order valence-corrected chi connectivity index (χ2v) is 10.4. The second kappa shape index (κ2) is 8.10. The van der Waals surface area contributed by atoms with Crippen molar-refractivity contribution in [3.05, 3.63) is 48.5 Å². The Labute approximate surface area is 165 Å². The molecule has 1 aliphatic rings. The van der Waals surface area contributed by atoms with Crippen LogP contribution in [0, 0.1) is 0 Å². The first-order valence-electron chi connectivity index (χ1n) is 8.81. The molecule has 1 fully saturated rings. The van der Waals surface area contributed by atoms with Crippen LogP contribution in [0.25, 0.3) is 0 Å². The molecule has 1 aliphatic heterocycles. The molecule has 1 atom stereocenters. The molecule has 0 aromatic heterocycles. The zero-order valence-corrected chi connectivity index (χ0v) is 17.4. The molecule has 152 valence electrons. The molecule has 0 N–H and O–H groups in total. The summed E-state index contributed by atoms with van der Waals surface area (Å²) < 4.78 is 63.4. The van der Waals surface area contributed by atoms with Crippen molar-refractivity contribution < 1.29 is 26.3 Å². The minimum Gasteiger partial charge on any atom is -0.493 e. The Kier molecular flexibility index (Phi) is 5.97. The van der Waals surface area contributed by atoms with E-state index < -0.39 is 25.9 Å². The molecule has 1 saturated heterocycles. The molecule has 0 radical (unpaired) electrons. The van der Waals surface area contributed by atoms with Crippen molar-refractivity contribution in [1.29, 1.82) is 0 Å². The van der Waals surface area contributed by atoms with Gasteiger partial charge in [-0.3, -0.25) is 0 Å². The number of hydrogen-bond donors (Lipinski definition) is 0. The Morgan fingerprint density at radius 3 is 2.25 bits per heavy atom. The van der Waals surface area contributed by atoms with E-state index in [0.29, 0.717) is 24.3 Å². The lowest BCUT2D eigenvalue weighted by Crippen LogP contribution is -2.39. The van der Waals surface area contributed by atoms with Crippen LogP contribution in [0.4, 0.5) is 0 Å². The van der Waals surface area contributed by atoms with E-state index in [1.165, 1.54) is 48.9 Å². The fraction of sp³-hybridized carbons (Fsp3) is 0.368. The maximum Gasteiger partial charge on any atom is 0.243 e. The van der Waals surface area contributed by atoms with E-state index in [0.717, 1.165) is 0 Å². The molecular formula is C19H23NO6S2. The molecule has 7 nitrogen and oxygen atoms in total. The van der Waals surface area contributed by atoms with Crippen LogP contribution in [0.15, 0.2) is 58.3 Å². The summed E-state index contributed by atoms with van der Waals surface area (Å²) in [5.41, 5.74) is 0. The number of sulfone groups is 1. The standard InChI is InChI=1S/C19H23NO6S2/c1-25-18-11-10-17(13-19(18)26-2)28(23,24)20-12-6-7-15(20)14-27(21,22)16-8-4-3-5-9-16/h3-5,8-11,13,15H,6-7,12,14H2,1-2H3. The molecule has 0 spiro atoms. The Hall–Kier alpha value is -2.10. The third-order valence-electron chi connectivity index (χ3n) is 4.80. The van der Waals surface area contributed by atoms with Crippen molar-refractivity contribution in [2.24, 2.45) is 0 Å². The molecule has 1 heterocycles. The second-order valence-electron chi connectivity index (χ2n) is 6.52. The quantitative estimate of drug-likeness (QED) is 0.676. The summed E-state index contributed by atoms with van der Waals surface area (Å²) in [6.45, 7) is 0.283. The Morgan fingerprint density at radius 1 is 0.929 bits per heavy atom. The molecule has 2 aromatic rings. The van der Waals surface area contributed by atoms with Crippen molar-refractivity contribution in [1.82, 2.24) is 4.31 Å². The maximum atomic E-state index is 13.2. The summed E-state index contributed by atoms with van der Waals surface area (Å²) >= 11 is 0. The fourth-order valence-electron chi connectivity index (χ4n) is 3.38. The largest absolute Gasteiger partial charge is 0.493 e. The molecular weight excluding hydrogens is 402 g/mol. The first kappa shape index (κ1) is 20.6. The highest BCUT2D eigenvalue weighted by molar-refractivity contribution is 7.91. The molecule has 0 bridgehead atoms. The number of sulfonamides is 1. The van der Waals surface area contributed by atoms with Crippen molar-refractivity contribution in [2.75, 3.05) is 26.5 Å². The van der Waals surface area contributed by atoms with Crippen LogP contribution in [0.3, 0.4) is 0 Å². The van der Waals surface area contributed by atoms with Gasteiger partial charge in [-0.05, 0) is 37.1 Å². The maximum absolute atomic E-state index is 13.2. The highest BCUT2D eigenvalue weighted by Gasteiger charge is 2.38.